The van der Waals surface area contributed by atoms with E-state index in [1.807, 2.05) is 6.07 Å². The highest BCUT2D eigenvalue weighted by Crippen LogP contribution is 2.31. The van der Waals surface area contributed by atoms with E-state index in [1.54, 1.807) is 6.07 Å². The van der Waals surface area contributed by atoms with Gasteiger partial charge in [0, 0.05) is 30.8 Å². The van der Waals surface area contributed by atoms with Gasteiger partial charge >= 0.3 is 0 Å². The molecule has 0 radical (unpaired) electrons. The van der Waals surface area contributed by atoms with Crippen molar-refractivity contribution >= 4 is 11.4 Å². The number of hydrogen-bond donors (Lipinski definition) is 1. The van der Waals surface area contributed by atoms with Gasteiger partial charge < -0.3 is 5.32 Å². The van der Waals surface area contributed by atoms with E-state index in [1.165, 1.54) is 25.0 Å². The third-order valence-corrected chi connectivity index (χ3v) is 4.28. The number of benzene rings is 1. The lowest BCUT2D eigenvalue weighted by Gasteiger charge is -2.22. The van der Waals surface area contributed by atoms with Crippen LogP contribution in [0, 0.1) is 21.4 Å². The molecule has 2 aliphatic heterocycles. The molecule has 3 rings (SSSR count). The number of nitriles is 1. The number of hydrogen-bond acceptors (Lipinski definition) is 5. The van der Waals surface area contributed by atoms with Crippen molar-refractivity contribution in [3.8, 4) is 6.07 Å². The Morgan fingerprint density at radius 3 is 3.00 bits per heavy atom. The zero-order valence-electron chi connectivity index (χ0n) is 11.1. The highest BCUT2D eigenvalue weighted by molar-refractivity contribution is 5.62. The Morgan fingerprint density at radius 2 is 2.25 bits per heavy atom. The third kappa shape index (κ3) is 2.21. The lowest BCUT2D eigenvalue weighted by atomic mass is 10.1. The summed E-state index contributed by atoms with van der Waals surface area (Å²) in [5, 5.41) is 23.3. The van der Waals surface area contributed by atoms with Crippen LogP contribution in [0.5, 0.6) is 0 Å². The summed E-state index contributed by atoms with van der Waals surface area (Å²) < 4.78 is 0. The van der Waals surface area contributed by atoms with Gasteiger partial charge in [0.25, 0.3) is 5.69 Å². The van der Waals surface area contributed by atoms with Gasteiger partial charge in [0.05, 0.1) is 16.2 Å². The quantitative estimate of drug-likeness (QED) is 0.673. The van der Waals surface area contributed by atoms with Crippen molar-refractivity contribution < 1.29 is 4.92 Å². The number of nitro benzene ring substituents is 1. The molecule has 0 aliphatic carbocycles. The van der Waals surface area contributed by atoms with E-state index in [2.05, 4.69) is 10.2 Å². The molecule has 0 saturated carbocycles. The Morgan fingerprint density at radius 1 is 1.40 bits per heavy atom. The average Bonchev–Trinajstić information content (AvgIpc) is 3.04. The first-order valence-electron chi connectivity index (χ1n) is 6.88. The monoisotopic (exact) mass is 272 g/mol. The summed E-state index contributed by atoms with van der Waals surface area (Å²) in [5.41, 5.74) is 1.01. The standard InChI is InChI=1S/C14H16N4O2/c15-9-10-8-11(18(19)20)3-4-12(10)16-13-5-7-17-6-1-2-14(13)17/h3-4,8,13-14,16H,1-2,5-7H2. The molecular formula is C14H16N4O2. The summed E-state index contributed by atoms with van der Waals surface area (Å²) in [7, 11) is 0. The van der Waals surface area contributed by atoms with Crippen LogP contribution in [0.4, 0.5) is 11.4 Å². The van der Waals surface area contributed by atoms with Crippen LogP contribution in [-0.4, -0.2) is 35.0 Å². The molecule has 2 saturated heterocycles. The minimum absolute atomic E-state index is 0.0407. The van der Waals surface area contributed by atoms with Crippen LogP contribution in [0.2, 0.25) is 0 Å². The van der Waals surface area contributed by atoms with E-state index in [0.717, 1.165) is 19.5 Å². The second-order valence-corrected chi connectivity index (χ2v) is 5.38. The van der Waals surface area contributed by atoms with Gasteiger partial charge in [0.15, 0.2) is 0 Å². The molecule has 0 bridgehead atoms. The fourth-order valence-electron chi connectivity index (χ4n) is 3.31. The van der Waals surface area contributed by atoms with E-state index in [4.69, 9.17) is 5.26 Å². The van der Waals surface area contributed by atoms with E-state index in [0.29, 0.717) is 23.3 Å². The molecule has 0 aromatic heterocycles. The maximum absolute atomic E-state index is 10.7. The van der Waals surface area contributed by atoms with Crippen LogP contribution in [-0.2, 0) is 0 Å². The van der Waals surface area contributed by atoms with Gasteiger partial charge in [-0.1, -0.05) is 0 Å². The van der Waals surface area contributed by atoms with Crippen LogP contribution >= 0.6 is 0 Å². The molecule has 2 heterocycles. The Labute approximate surface area is 117 Å². The molecule has 0 spiro atoms. The fraction of sp³-hybridized carbons (Fsp3) is 0.500. The molecule has 6 nitrogen and oxygen atoms in total. The zero-order valence-corrected chi connectivity index (χ0v) is 11.1. The lowest BCUT2D eigenvalue weighted by Crippen LogP contribution is -2.33. The Bertz CT molecular complexity index is 581. The Kier molecular flexibility index (Phi) is 3.28. The second kappa shape index (κ2) is 5.10. The normalized spacial score (nSPS) is 25.1. The number of nitro groups is 1. The third-order valence-electron chi connectivity index (χ3n) is 4.28. The topological polar surface area (TPSA) is 82.2 Å². The molecule has 2 unspecified atom stereocenters. The molecule has 1 aromatic carbocycles. The van der Waals surface area contributed by atoms with Gasteiger partial charge in [0.1, 0.15) is 6.07 Å². The largest absolute Gasteiger partial charge is 0.380 e. The van der Waals surface area contributed by atoms with Crippen molar-refractivity contribution in [2.45, 2.75) is 31.3 Å². The number of nitrogens with one attached hydrogen (secondary N) is 1. The highest BCUT2D eigenvalue weighted by Gasteiger charge is 2.37. The summed E-state index contributed by atoms with van der Waals surface area (Å²) in [6.45, 7) is 2.26. The maximum Gasteiger partial charge on any atom is 0.270 e. The molecule has 0 amide bonds. The van der Waals surface area contributed by atoms with Crippen LogP contribution in [0.25, 0.3) is 0 Å². The van der Waals surface area contributed by atoms with E-state index in [9.17, 15) is 10.1 Å². The molecule has 1 aromatic rings. The average molecular weight is 272 g/mol. The molecule has 2 fully saturated rings. The Balaban J connectivity index is 1.81. The summed E-state index contributed by atoms with van der Waals surface area (Å²) >= 11 is 0. The summed E-state index contributed by atoms with van der Waals surface area (Å²) in [5.74, 6) is 0. The lowest BCUT2D eigenvalue weighted by molar-refractivity contribution is -0.384. The van der Waals surface area contributed by atoms with E-state index < -0.39 is 4.92 Å². The van der Waals surface area contributed by atoms with Crippen molar-refractivity contribution in [1.29, 1.82) is 5.26 Å². The summed E-state index contributed by atoms with van der Waals surface area (Å²) in [6.07, 6.45) is 3.48. The predicted octanol–water partition coefficient (Wildman–Crippen LogP) is 2.12. The molecule has 20 heavy (non-hydrogen) atoms. The molecule has 2 aliphatic rings. The van der Waals surface area contributed by atoms with Crippen molar-refractivity contribution in [1.82, 2.24) is 4.90 Å². The van der Waals surface area contributed by atoms with Crippen LogP contribution in [0.1, 0.15) is 24.8 Å². The number of fused-ring (bicyclic) bond motifs is 1. The van der Waals surface area contributed by atoms with Crippen molar-refractivity contribution in [2.24, 2.45) is 0 Å². The van der Waals surface area contributed by atoms with Crippen LogP contribution < -0.4 is 5.32 Å². The van der Waals surface area contributed by atoms with E-state index in [-0.39, 0.29) is 5.69 Å². The fourth-order valence-corrected chi connectivity index (χ4v) is 3.31. The van der Waals surface area contributed by atoms with Crippen LogP contribution in [0.3, 0.4) is 0 Å². The first-order valence-corrected chi connectivity index (χ1v) is 6.88. The maximum atomic E-state index is 10.7. The van der Waals surface area contributed by atoms with Crippen molar-refractivity contribution in [2.75, 3.05) is 18.4 Å². The second-order valence-electron chi connectivity index (χ2n) is 5.38. The van der Waals surface area contributed by atoms with Gasteiger partial charge in [-0.2, -0.15) is 5.26 Å². The molecule has 104 valence electrons. The van der Waals surface area contributed by atoms with Gasteiger partial charge in [0.2, 0.25) is 0 Å². The number of anilines is 1. The molecule has 2 atom stereocenters. The first kappa shape index (κ1) is 12.9. The SMILES string of the molecule is N#Cc1cc([N+](=O)[O-])ccc1NC1CCN2CCCC12. The predicted molar refractivity (Wildman–Crippen MR) is 74.4 cm³/mol. The summed E-state index contributed by atoms with van der Waals surface area (Å²) in [6, 6.07) is 7.35. The number of nitrogens with zero attached hydrogens (tertiary/aromatic N) is 3. The van der Waals surface area contributed by atoms with Gasteiger partial charge in [-0.25, -0.2) is 0 Å². The highest BCUT2D eigenvalue weighted by atomic mass is 16.6. The summed E-state index contributed by atoms with van der Waals surface area (Å²) in [4.78, 5) is 12.8. The Hall–Kier alpha value is -2.13. The minimum Gasteiger partial charge on any atom is -0.380 e. The van der Waals surface area contributed by atoms with Crippen LogP contribution in [0.15, 0.2) is 18.2 Å². The molecule has 1 N–H and O–H groups in total. The van der Waals surface area contributed by atoms with Gasteiger partial charge in [-0.15, -0.1) is 0 Å². The van der Waals surface area contributed by atoms with E-state index >= 15 is 0 Å². The first-order chi connectivity index (χ1) is 9.69. The minimum atomic E-state index is -0.473. The zero-order chi connectivity index (χ0) is 14.1. The van der Waals surface area contributed by atoms with Gasteiger partial charge in [-0.3, -0.25) is 15.0 Å². The molecular weight excluding hydrogens is 256 g/mol. The number of non-ortho nitro benzene ring substituents is 1. The van der Waals surface area contributed by atoms with Crippen molar-refractivity contribution in [3.63, 3.8) is 0 Å². The smallest absolute Gasteiger partial charge is 0.270 e. The molecule has 6 heteroatoms. The number of rotatable bonds is 3. The van der Waals surface area contributed by atoms with Gasteiger partial charge in [-0.05, 0) is 31.9 Å². The van der Waals surface area contributed by atoms with Crippen molar-refractivity contribution in [3.05, 3.63) is 33.9 Å².